The molecule has 0 saturated carbocycles. The molecule has 0 bridgehead atoms. The minimum Gasteiger partial charge on any atom is -0.454 e. The number of carbonyl (C=O) groups excluding carboxylic acids is 2. The van der Waals surface area contributed by atoms with E-state index in [0.717, 1.165) is 9.87 Å². The number of nitrogens with one attached hydrogen (secondary N) is 1. The normalized spacial score (nSPS) is 12.2. The fraction of sp³-hybridized carbons (Fsp3) is 0.167. The molecule has 0 atom stereocenters. The summed E-state index contributed by atoms with van der Waals surface area (Å²) in [5, 5.41) is 2.60. The van der Waals surface area contributed by atoms with Crippen molar-refractivity contribution in [3.63, 3.8) is 0 Å². The van der Waals surface area contributed by atoms with Crippen LogP contribution in [-0.4, -0.2) is 40.7 Å². The molecule has 3 aromatic rings. The summed E-state index contributed by atoms with van der Waals surface area (Å²) in [5.74, 6) is -0.304. The second kappa shape index (κ2) is 9.44. The van der Waals surface area contributed by atoms with Gasteiger partial charge in [0.2, 0.25) is 6.79 Å². The fourth-order valence-electron chi connectivity index (χ4n) is 3.22. The van der Waals surface area contributed by atoms with Gasteiger partial charge in [-0.15, -0.1) is 0 Å². The van der Waals surface area contributed by atoms with Crippen LogP contribution in [-0.2, 0) is 19.6 Å². The van der Waals surface area contributed by atoms with Gasteiger partial charge in [0.15, 0.2) is 18.1 Å². The number of benzene rings is 3. The molecule has 0 spiro atoms. The van der Waals surface area contributed by atoms with Crippen molar-refractivity contribution in [1.82, 2.24) is 0 Å². The van der Waals surface area contributed by atoms with Crippen LogP contribution in [0.15, 0.2) is 71.6 Å². The number of ether oxygens (including phenoxy) is 3. The van der Waals surface area contributed by atoms with Gasteiger partial charge in [-0.3, -0.25) is 9.10 Å². The van der Waals surface area contributed by atoms with E-state index in [1.807, 2.05) is 19.1 Å². The third kappa shape index (κ3) is 4.96. The predicted molar refractivity (Wildman–Crippen MR) is 125 cm³/mol. The molecule has 176 valence electrons. The SMILES string of the molecule is Cc1ccc(N(C)S(=O)(=O)c2cccc(C(=O)OCC(=O)Nc3ccc4c(c3)OCO4)c2)cc1. The van der Waals surface area contributed by atoms with E-state index in [2.05, 4.69) is 5.32 Å². The molecule has 1 amide bonds. The molecule has 0 aromatic heterocycles. The summed E-state index contributed by atoms with van der Waals surface area (Å²) in [5.41, 5.74) is 1.95. The largest absolute Gasteiger partial charge is 0.454 e. The molecule has 1 heterocycles. The average molecular weight is 483 g/mol. The van der Waals surface area contributed by atoms with Crippen LogP contribution in [0.1, 0.15) is 15.9 Å². The summed E-state index contributed by atoms with van der Waals surface area (Å²) in [4.78, 5) is 24.6. The molecule has 0 saturated heterocycles. The van der Waals surface area contributed by atoms with Gasteiger partial charge in [-0.05, 0) is 49.4 Å². The van der Waals surface area contributed by atoms with Crippen LogP contribution in [0.4, 0.5) is 11.4 Å². The Morgan fingerprint density at radius 1 is 1.00 bits per heavy atom. The van der Waals surface area contributed by atoms with Crippen LogP contribution in [0.2, 0.25) is 0 Å². The lowest BCUT2D eigenvalue weighted by atomic mass is 10.2. The van der Waals surface area contributed by atoms with Crippen molar-refractivity contribution in [2.45, 2.75) is 11.8 Å². The number of hydrogen-bond acceptors (Lipinski definition) is 7. The Kier molecular flexibility index (Phi) is 6.42. The van der Waals surface area contributed by atoms with Gasteiger partial charge in [0, 0.05) is 18.8 Å². The number of amides is 1. The maximum absolute atomic E-state index is 13.0. The standard InChI is InChI=1S/C24H22N2O7S/c1-16-6-9-19(10-7-16)26(2)34(29,30)20-5-3-4-17(12-20)24(28)31-14-23(27)25-18-8-11-21-22(13-18)33-15-32-21/h3-13H,14-15H2,1-2H3,(H,25,27). The van der Waals surface area contributed by atoms with Crippen LogP contribution >= 0.6 is 0 Å². The molecular formula is C24H22N2O7S. The first kappa shape index (κ1) is 23.1. The van der Waals surface area contributed by atoms with Crippen molar-refractivity contribution in [1.29, 1.82) is 0 Å². The van der Waals surface area contributed by atoms with E-state index in [0.29, 0.717) is 22.9 Å². The van der Waals surface area contributed by atoms with E-state index < -0.39 is 28.5 Å². The molecule has 0 radical (unpaired) electrons. The minimum absolute atomic E-state index is 0.00857. The molecule has 10 heteroatoms. The molecule has 1 aliphatic heterocycles. The van der Waals surface area contributed by atoms with E-state index in [1.165, 1.54) is 31.3 Å². The number of rotatable bonds is 7. The van der Waals surface area contributed by atoms with Gasteiger partial charge in [-0.2, -0.15) is 0 Å². The predicted octanol–water partition coefficient (Wildman–Crippen LogP) is 3.34. The topological polar surface area (TPSA) is 111 Å². The van der Waals surface area contributed by atoms with Crippen LogP contribution in [0, 0.1) is 6.92 Å². The van der Waals surface area contributed by atoms with E-state index in [1.54, 1.807) is 30.3 Å². The smallest absolute Gasteiger partial charge is 0.338 e. The average Bonchev–Trinajstić information content (AvgIpc) is 3.30. The Labute approximate surface area is 196 Å². The van der Waals surface area contributed by atoms with Gasteiger partial charge in [0.05, 0.1) is 16.1 Å². The molecule has 1 aliphatic rings. The monoisotopic (exact) mass is 482 g/mol. The molecule has 1 N–H and O–H groups in total. The van der Waals surface area contributed by atoms with Crippen LogP contribution < -0.4 is 19.1 Å². The number of fused-ring (bicyclic) bond motifs is 1. The van der Waals surface area contributed by atoms with Crippen LogP contribution in [0.3, 0.4) is 0 Å². The van der Waals surface area contributed by atoms with Crippen LogP contribution in [0.5, 0.6) is 11.5 Å². The van der Waals surface area contributed by atoms with Gasteiger partial charge >= 0.3 is 5.97 Å². The number of carbonyl (C=O) groups is 2. The molecule has 9 nitrogen and oxygen atoms in total. The first-order valence-corrected chi connectivity index (χ1v) is 11.7. The van der Waals surface area contributed by atoms with E-state index >= 15 is 0 Å². The first-order valence-electron chi connectivity index (χ1n) is 10.3. The molecule has 0 unspecified atom stereocenters. The summed E-state index contributed by atoms with van der Waals surface area (Å²) in [6, 6.07) is 17.4. The first-order chi connectivity index (χ1) is 16.2. The van der Waals surface area contributed by atoms with E-state index in [9.17, 15) is 18.0 Å². The highest BCUT2D eigenvalue weighted by molar-refractivity contribution is 7.92. The summed E-state index contributed by atoms with van der Waals surface area (Å²) in [6.07, 6.45) is 0. The highest BCUT2D eigenvalue weighted by atomic mass is 32.2. The quantitative estimate of drug-likeness (QED) is 0.514. The Hall–Kier alpha value is -4.05. The zero-order valence-corrected chi connectivity index (χ0v) is 19.3. The molecule has 0 aliphatic carbocycles. The molecule has 3 aromatic carbocycles. The summed E-state index contributed by atoms with van der Waals surface area (Å²) in [6.45, 7) is 1.47. The lowest BCUT2D eigenvalue weighted by Gasteiger charge is -2.20. The van der Waals surface area contributed by atoms with Gasteiger partial charge in [-0.25, -0.2) is 13.2 Å². The Bertz CT molecular complexity index is 1340. The lowest BCUT2D eigenvalue weighted by Crippen LogP contribution is -2.27. The van der Waals surface area contributed by atoms with Crippen molar-refractivity contribution < 1.29 is 32.2 Å². The third-order valence-electron chi connectivity index (χ3n) is 5.12. The maximum atomic E-state index is 13.0. The maximum Gasteiger partial charge on any atom is 0.338 e. The van der Waals surface area contributed by atoms with Crippen LogP contribution in [0.25, 0.3) is 0 Å². The number of sulfonamides is 1. The Morgan fingerprint density at radius 2 is 1.74 bits per heavy atom. The molecule has 0 fully saturated rings. The second-order valence-electron chi connectivity index (χ2n) is 7.53. The minimum atomic E-state index is -3.91. The zero-order valence-electron chi connectivity index (χ0n) is 18.5. The van der Waals surface area contributed by atoms with Crippen molar-refractivity contribution in [2.75, 3.05) is 30.1 Å². The van der Waals surface area contributed by atoms with Gasteiger partial charge in [0.1, 0.15) is 0 Å². The van der Waals surface area contributed by atoms with Gasteiger partial charge < -0.3 is 19.5 Å². The summed E-state index contributed by atoms with van der Waals surface area (Å²) < 4.78 is 42.7. The number of anilines is 2. The number of esters is 1. The molecule has 34 heavy (non-hydrogen) atoms. The van der Waals surface area contributed by atoms with Crippen molar-refractivity contribution in [2.24, 2.45) is 0 Å². The van der Waals surface area contributed by atoms with E-state index in [4.69, 9.17) is 14.2 Å². The highest BCUT2D eigenvalue weighted by Gasteiger charge is 2.23. The van der Waals surface area contributed by atoms with E-state index in [-0.39, 0.29) is 17.3 Å². The highest BCUT2D eigenvalue weighted by Crippen LogP contribution is 2.34. The summed E-state index contributed by atoms with van der Waals surface area (Å²) in [7, 11) is -2.48. The fourth-order valence-corrected chi connectivity index (χ4v) is 4.46. The summed E-state index contributed by atoms with van der Waals surface area (Å²) >= 11 is 0. The number of hydrogen-bond donors (Lipinski definition) is 1. The third-order valence-corrected chi connectivity index (χ3v) is 6.90. The zero-order chi connectivity index (χ0) is 24.3. The Morgan fingerprint density at radius 3 is 2.50 bits per heavy atom. The van der Waals surface area contributed by atoms with Crippen molar-refractivity contribution >= 4 is 33.3 Å². The Balaban J connectivity index is 1.40. The van der Waals surface area contributed by atoms with Gasteiger partial charge in [0.25, 0.3) is 15.9 Å². The van der Waals surface area contributed by atoms with Crippen molar-refractivity contribution in [3.05, 3.63) is 77.9 Å². The van der Waals surface area contributed by atoms with Crippen molar-refractivity contribution in [3.8, 4) is 11.5 Å². The number of aryl methyl sites for hydroxylation is 1. The lowest BCUT2D eigenvalue weighted by molar-refractivity contribution is -0.119. The van der Waals surface area contributed by atoms with Gasteiger partial charge in [-0.1, -0.05) is 23.8 Å². The second-order valence-corrected chi connectivity index (χ2v) is 9.50. The molecular weight excluding hydrogens is 460 g/mol. The molecule has 4 rings (SSSR count). The number of nitrogens with zero attached hydrogens (tertiary/aromatic N) is 1.